The highest BCUT2D eigenvalue weighted by Crippen LogP contribution is 2.26. The lowest BCUT2D eigenvalue weighted by atomic mass is 9.97. The minimum absolute atomic E-state index is 1.14. The van der Waals surface area contributed by atoms with Crippen LogP contribution in [0.2, 0.25) is 0 Å². The average Bonchev–Trinajstić information content (AvgIpc) is 2.03. The molecule has 0 aliphatic carbocycles. The molecule has 0 aromatic rings. The Kier molecular flexibility index (Phi) is 2.74. The Hall–Kier alpha value is -0.980. The fourth-order valence-electron chi connectivity index (χ4n) is 1.68. The first-order valence-corrected chi connectivity index (χ1v) is 4.39. The molecule has 1 heteroatoms. The van der Waals surface area contributed by atoms with E-state index in [4.69, 9.17) is 0 Å². The number of allylic oxidation sites excluding steroid dienone is 3. The number of likely N-dealkylation sites (N-methyl/N-ethyl adjacent to an activating group) is 1. The van der Waals surface area contributed by atoms with E-state index >= 15 is 0 Å². The van der Waals surface area contributed by atoms with Crippen LogP contribution >= 0.6 is 0 Å². The molecule has 0 aromatic heterocycles. The second-order valence-electron chi connectivity index (χ2n) is 3.37. The van der Waals surface area contributed by atoms with Gasteiger partial charge in [-0.05, 0) is 31.4 Å². The third-order valence-corrected chi connectivity index (χ3v) is 2.35. The molecular weight excluding hydrogens is 146 g/mol. The van der Waals surface area contributed by atoms with Gasteiger partial charge in [-0.3, -0.25) is 0 Å². The molecule has 0 unspecified atom stereocenters. The Morgan fingerprint density at radius 3 is 2.67 bits per heavy atom. The van der Waals surface area contributed by atoms with E-state index in [1.165, 1.54) is 23.3 Å². The van der Waals surface area contributed by atoms with Gasteiger partial charge in [-0.15, -0.1) is 0 Å². The maximum absolute atomic E-state index is 3.98. The molecule has 0 aromatic carbocycles. The van der Waals surface area contributed by atoms with Crippen LogP contribution < -0.4 is 0 Å². The van der Waals surface area contributed by atoms with E-state index in [2.05, 4.69) is 32.0 Å². The minimum atomic E-state index is 1.14. The topological polar surface area (TPSA) is 3.24 Å². The van der Waals surface area contributed by atoms with Crippen LogP contribution in [0.3, 0.4) is 0 Å². The molecule has 0 radical (unpaired) electrons. The van der Waals surface area contributed by atoms with Crippen LogP contribution in [-0.2, 0) is 0 Å². The third-order valence-electron chi connectivity index (χ3n) is 2.35. The average molecular weight is 163 g/mol. The standard InChI is InChI=1S/C11H17N/c1-5-11-10(9(2)3)7-6-8-12(11)4/h5H,1-2,6-8H2,3-4H3. The van der Waals surface area contributed by atoms with E-state index in [9.17, 15) is 0 Å². The Balaban J connectivity index is 3.02. The van der Waals surface area contributed by atoms with Gasteiger partial charge in [0.15, 0.2) is 0 Å². The minimum Gasteiger partial charge on any atom is -0.374 e. The van der Waals surface area contributed by atoms with Crippen molar-refractivity contribution >= 4 is 0 Å². The summed E-state index contributed by atoms with van der Waals surface area (Å²) in [5.74, 6) is 0. The van der Waals surface area contributed by atoms with Crippen molar-refractivity contribution in [2.75, 3.05) is 13.6 Å². The van der Waals surface area contributed by atoms with Gasteiger partial charge in [-0.1, -0.05) is 18.7 Å². The lowest BCUT2D eigenvalue weighted by molar-refractivity contribution is 0.393. The first-order chi connectivity index (χ1) is 5.66. The molecule has 1 nitrogen and oxygen atoms in total. The maximum Gasteiger partial charge on any atom is 0.0392 e. The second kappa shape index (κ2) is 3.61. The van der Waals surface area contributed by atoms with Gasteiger partial charge in [-0.2, -0.15) is 0 Å². The fourth-order valence-corrected chi connectivity index (χ4v) is 1.68. The predicted octanol–water partition coefficient (Wildman–Crippen LogP) is 2.73. The van der Waals surface area contributed by atoms with Gasteiger partial charge < -0.3 is 4.90 Å². The zero-order chi connectivity index (χ0) is 9.14. The van der Waals surface area contributed by atoms with Crippen LogP contribution in [0.4, 0.5) is 0 Å². The number of hydrogen-bond donors (Lipinski definition) is 0. The third kappa shape index (κ3) is 1.60. The van der Waals surface area contributed by atoms with Gasteiger partial charge >= 0.3 is 0 Å². The van der Waals surface area contributed by atoms with Crippen LogP contribution in [0.15, 0.2) is 36.1 Å². The second-order valence-corrected chi connectivity index (χ2v) is 3.37. The molecule has 1 heterocycles. The maximum atomic E-state index is 3.98. The largest absolute Gasteiger partial charge is 0.374 e. The van der Waals surface area contributed by atoms with Gasteiger partial charge in [0.25, 0.3) is 0 Å². The van der Waals surface area contributed by atoms with E-state index in [0.29, 0.717) is 0 Å². The highest BCUT2D eigenvalue weighted by molar-refractivity contribution is 5.37. The molecule has 0 saturated heterocycles. The fraction of sp³-hybridized carbons (Fsp3) is 0.455. The van der Waals surface area contributed by atoms with Gasteiger partial charge in [0.1, 0.15) is 0 Å². The van der Waals surface area contributed by atoms with Crippen molar-refractivity contribution in [2.45, 2.75) is 19.8 Å². The summed E-state index contributed by atoms with van der Waals surface area (Å²) in [5.41, 5.74) is 3.81. The van der Waals surface area contributed by atoms with E-state index in [1.807, 2.05) is 6.08 Å². The van der Waals surface area contributed by atoms with Crippen molar-refractivity contribution in [3.63, 3.8) is 0 Å². The number of hydrogen-bond acceptors (Lipinski definition) is 1. The molecule has 0 atom stereocenters. The van der Waals surface area contributed by atoms with E-state index in [1.54, 1.807) is 0 Å². The zero-order valence-electron chi connectivity index (χ0n) is 8.06. The first-order valence-electron chi connectivity index (χ1n) is 4.39. The smallest absolute Gasteiger partial charge is 0.0392 e. The van der Waals surface area contributed by atoms with Crippen molar-refractivity contribution in [3.05, 3.63) is 36.1 Å². The molecule has 0 fully saturated rings. The number of rotatable bonds is 2. The molecule has 0 saturated carbocycles. The summed E-state index contributed by atoms with van der Waals surface area (Å²) in [6.07, 6.45) is 4.32. The van der Waals surface area contributed by atoms with Crippen molar-refractivity contribution in [2.24, 2.45) is 0 Å². The van der Waals surface area contributed by atoms with Gasteiger partial charge in [0.2, 0.25) is 0 Å². The summed E-state index contributed by atoms with van der Waals surface area (Å²) in [6, 6.07) is 0. The van der Waals surface area contributed by atoms with Crippen LogP contribution in [0.5, 0.6) is 0 Å². The summed E-state index contributed by atoms with van der Waals surface area (Å²) >= 11 is 0. The van der Waals surface area contributed by atoms with Gasteiger partial charge in [-0.25, -0.2) is 0 Å². The summed E-state index contributed by atoms with van der Waals surface area (Å²) in [5, 5.41) is 0. The SMILES string of the molecule is C=CC1=C(C(=C)C)CCCN1C. The first kappa shape index (κ1) is 9.11. The van der Waals surface area contributed by atoms with E-state index in [0.717, 1.165) is 13.0 Å². The van der Waals surface area contributed by atoms with E-state index in [-0.39, 0.29) is 0 Å². The normalized spacial score (nSPS) is 18.0. The molecule has 0 amide bonds. The Bertz CT molecular complexity index is 235. The molecule has 1 aliphatic rings. The van der Waals surface area contributed by atoms with Gasteiger partial charge in [0.05, 0.1) is 0 Å². The Morgan fingerprint density at radius 1 is 1.58 bits per heavy atom. The summed E-state index contributed by atoms with van der Waals surface area (Å²) in [4.78, 5) is 2.25. The summed E-state index contributed by atoms with van der Waals surface area (Å²) in [7, 11) is 2.11. The number of nitrogens with zero attached hydrogens (tertiary/aromatic N) is 1. The van der Waals surface area contributed by atoms with Crippen LogP contribution in [0.25, 0.3) is 0 Å². The molecule has 0 spiro atoms. The lowest BCUT2D eigenvalue weighted by Crippen LogP contribution is -2.23. The van der Waals surface area contributed by atoms with Crippen LogP contribution in [0.1, 0.15) is 19.8 Å². The van der Waals surface area contributed by atoms with E-state index < -0.39 is 0 Å². The molecule has 66 valence electrons. The zero-order valence-corrected chi connectivity index (χ0v) is 8.06. The molecule has 0 N–H and O–H groups in total. The Labute approximate surface area is 75.1 Å². The highest BCUT2D eigenvalue weighted by atomic mass is 15.1. The quantitative estimate of drug-likeness (QED) is 0.605. The lowest BCUT2D eigenvalue weighted by Gasteiger charge is -2.29. The molecule has 1 aliphatic heterocycles. The van der Waals surface area contributed by atoms with Crippen molar-refractivity contribution in [1.82, 2.24) is 4.90 Å². The van der Waals surface area contributed by atoms with Crippen molar-refractivity contribution in [3.8, 4) is 0 Å². The monoisotopic (exact) mass is 163 g/mol. The molecular formula is C11H17N. The highest BCUT2D eigenvalue weighted by Gasteiger charge is 2.14. The summed E-state index contributed by atoms with van der Waals surface area (Å²) in [6.45, 7) is 11.0. The van der Waals surface area contributed by atoms with Crippen LogP contribution in [-0.4, -0.2) is 18.5 Å². The predicted molar refractivity (Wildman–Crippen MR) is 53.9 cm³/mol. The Morgan fingerprint density at radius 2 is 2.25 bits per heavy atom. The van der Waals surface area contributed by atoms with Crippen molar-refractivity contribution in [1.29, 1.82) is 0 Å². The summed E-state index contributed by atoms with van der Waals surface area (Å²) < 4.78 is 0. The van der Waals surface area contributed by atoms with Crippen molar-refractivity contribution < 1.29 is 0 Å². The molecule has 0 bridgehead atoms. The molecule has 1 rings (SSSR count). The molecule has 12 heavy (non-hydrogen) atoms. The van der Waals surface area contributed by atoms with Crippen LogP contribution in [0, 0.1) is 0 Å². The van der Waals surface area contributed by atoms with Gasteiger partial charge in [0, 0.05) is 19.3 Å².